The predicted molar refractivity (Wildman–Crippen MR) is 71.7 cm³/mol. The second-order valence-electron chi connectivity index (χ2n) is 3.61. The zero-order chi connectivity index (χ0) is 13.8. The number of halogens is 2. The number of ether oxygens (including phenoxy) is 1. The fourth-order valence-electron chi connectivity index (χ4n) is 1.41. The minimum absolute atomic E-state index is 0.118. The lowest BCUT2D eigenvalue weighted by Gasteiger charge is -2.10. The summed E-state index contributed by atoms with van der Waals surface area (Å²) in [6, 6.07) is 6.54. The lowest BCUT2D eigenvalue weighted by Crippen LogP contribution is -2.01. The van der Waals surface area contributed by atoms with E-state index in [1.54, 1.807) is 12.1 Å². The molecule has 1 aromatic heterocycles. The van der Waals surface area contributed by atoms with E-state index in [0.717, 1.165) is 9.90 Å². The molecular formula is C11H11F2N3OS2. The molecule has 8 heteroatoms. The van der Waals surface area contributed by atoms with Crippen LogP contribution in [0.1, 0.15) is 17.7 Å². The van der Waals surface area contributed by atoms with Crippen LogP contribution in [0.3, 0.4) is 0 Å². The van der Waals surface area contributed by atoms with Gasteiger partial charge in [0.05, 0.1) is 0 Å². The van der Waals surface area contributed by atoms with Crippen LogP contribution < -0.4 is 10.5 Å². The maximum absolute atomic E-state index is 12.0. The molecule has 0 bridgehead atoms. The van der Waals surface area contributed by atoms with Crippen molar-refractivity contribution < 1.29 is 13.5 Å². The normalized spacial score (nSPS) is 12.6. The van der Waals surface area contributed by atoms with Crippen molar-refractivity contribution in [2.45, 2.75) is 23.1 Å². The molecule has 2 rings (SSSR count). The number of nitrogen functional groups attached to an aromatic ring is 1. The molecule has 0 aliphatic carbocycles. The first-order valence-electron chi connectivity index (χ1n) is 5.35. The van der Waals surface area contributed by atoms with Crippen molar-refractivity contribution in [2.24, 2.45) is 0 Å². The van der Waals surface area contributed by atoms with E-state index in [9.17, 15) is 8.78 Å². The van der Waals surface area contributed by atoms with Crippen LogP contribution in [0.4, 0.5) is 13.9 Å². The van der Waals surface area contributed by atoms with Gasteiger partial charge in [0, 0.05) is 5.25 Å². The number of hydrogen-bond acceptors (Lipinski definition) is 6. The van der Waals surface area contributed by atoms with Crippen LogP contribution in [-0.4, -0.2) is 16.8 Å². The SMILES string of the molecule is C[C@@H](Sc1nnc(N)s1)c1ccc(OC(F)F)cc1. The van der Waals surface area contributed by atoms with Gasteiger partial charge in [0.25, 0.3) is 0 Å². The summed E-state index contributed by atoms with van der Waals surface area (Å²) in [7, 11) is 0. The van der Waals surface area contributed by atoms with E-state index in [1.165, 1.54) is 35.2 Å². The van der Waals surface area contributed by atoms with E-state index < -0.39 is 6.61 Å². The molecule has 0 aliphatic heterocycles. The van der Waals surface area contributed by atoms with Crippen molar-refractivity contribution in [1.82, 2.24) is 10.2 Å². The monoisotopic (exact) mass is 303 g/mol. The van der Waals surface area contributed by atoms with Crippen LogP contribution in [0, 0.1) is 0 Å². The Labute approximate surface area is 117 Å². The number of nitrogens with two attached hydrogens (primary N) is 1. The standard InChI is InChI=1S/C11H11F2N3OS2/c1-6(18-11-16-15-10(14)19-11)7-2-4-8(5-3-7)17-9(12)13/h2-6,9H,1H3,(H2,14,15)/t6-/m1/s1. The number of nitrogens with zero attached hydrogens (tertiary/aromatic N) is 2. The largest absolute Gasteiger partial charge is 0.435 e. The average Bonchev–Trinajstić information content (AvgIpc) is 2.75. The van der Waals surface area contributed by atoms with Gasteiger partial charge < -0.3 is 10.5 Å². The van der Waals surface area contributed by atoms with Crippen LogP contribution >= 0.6 is 23.1 Å². The summed E-state index contributed by atoms with van der Waals surface area (Å²) in [5.41, 5.74) is 6.49. The van der Waals surface area contributed by atoms with Crippen LogP contribution in [0.25, 0.3) is 0 Å². The molecule has 0 saturated heterocycles. The van der Waals surface area contributed by atoms with Crippen molar-refractivity contribution in [3.8, 4) is 5.75 Å². The number of rotatable bonds is 5. The summed E-state index contributed by atoms with van der Waals surface area (Å²) in [6.45, 7) is -0.812. The van der Waals surface area contributed by atoms with Gasteiger partial charge in [-0.2, -0.15) is 8.78 Å². The van der Waals surface area contributed by atoms with E-state index in [1.807, 2.05) is 6.92 Å². The highest BCUT2D eigenvalue weighted by atomic mass is 32.2. The van der Waals surface area contributed by atoms with Gasteiger partial charge in [0.2, 0.25) is 5.13 Å². The molecule has 1 atom stereocenters. The molecule has 0 unspecified atom stereocenters. The second-order valence-corrected chi connectivity index (χ2v) is 6.21. The summed E-state index contributed by atoms with van der Waals surface area (Å²) in [6.07, 6.45) is 0. The second kappa shape index (κ2) is 6.16. The van der Waals surface area contributed by atoms with Crippen LogP contribution in [-0.2, 0) is 0 Å². The summed E-state index contributed by atoms with van der Waals surface area (Å²) in [4.78, 5) is 0. The molecular weight excluding hydrogens is 292 g/mol. The van der Waals surface area contributed by atoms with Crippen molar-refractivity contribution in [3.63, 3.8) is 0 Å². The molecule has 102 valence electrons. The van der Waals surface area contributed by atoms with E-state index in [2.05, 4.69) is 14.9 Å². The van der Waals surface area contributed by atoms with Gasteiger partial charge in [-0.05, 0) is 24.6 Å². The first kappa shape index (κ1) is 14.0. The number of alkyl halides is 2. The highest BCUT2D eigenvalue weighted by Crippen LogP contribution is 2.37. The van der Waals surface area contributed by atoms with Crippen molar-refractivity contribution in [2.75, 3.05) is 5.73 Å². The Morgan fingerprint density at radius 3 is 2.47 bits per heavy atom. The molecule has 0 fully saturated rings. The van der Waals surface area contributed by atoms with Crippen molar-refractivity contribution >= 4 is 28.2 Å². The van der Waals surface area contributed by atoms with Gasteiger partial charge >= 0.3 is 6.61 Å². The van der Waals surface area contributed by atoms with Gasteiger partial charge in [0.1, 0.15) is 5.75 Å². The van der Waals surface area contributed by atoms with Gasteiger partial charge in [-0.25, -0.2) is 0 Å². The Morgan fingerprint density at radius 2 is 1.95 bits per heavy atom. The average molecular weight is 303 g/mol. The molecule has 2 N–H and O–H groups in total. The molecule has 0 spiro atoms. The summed E-state index contributed by atoms with van der Waals surface area (Å²) in [5.74, 6) is 0.149. The van der Waals surface area contributed by atoms with Crippen LogP contribution in [0.5, 0.6) is 5.75 Å². The van der Waals surface area contributed by atoms with Gasteiger partial charge in [-0.3, -0.25) is 0 Å². The zero-order valence-electron chi connectivity index (χ0n) is 9.92. The third kappa shape index (κ3) is 4.03. The minimum Gasteiger partial charge on any atom is -0.435 e. The quantitative estimate of drug-likeness (QED) is 0.856. The summed E-state index contributed by atoms with van der Waals surface area (Å²) < 4.78 is 29.1. The van der Waals surface area contributed by atoms with E-state index >= 15 is 0 Å². The molecule has 1 heterocycles. The summed E-state index contributed by atoms with van der Waals surface area (Å²) in [5, 5.41) is 8.20. The van der Waals surface area contributed by atoms with E-state index in [4.69, 9.17) is 5.73 Å². The zero-order valence-corrected chi connectivity index (χ0v) is 11.5. The Bertz CT molecular complexity index is 533. The van der Waals surface area contributed by atoms with Crippen molar-refractivity contribution in [3.05, 3.63) is 29.8 Å². The highest BCUT2D eigenvalue weighted by molar-refractivity contribution is 8.01. The highest BCUT2D eigenvalue weighted by Gasteiger charge is 2.11. The number of hydrogen-bond donors (Lipinski definition) is 1. The molecule has 0 radical (unpaired) electrons. The molecule has 4 nitrogen and oxygen atoms in total. The topological polar surface area (TPSA) is 61.0 Å². The fourth-order valence-corrected chi connectivity index (χ4v) is 3.32. The van der Waals surface area contributed by atoms with E-state index in [-0.39, 0.29) is 11.0 Å². The van der Waals surface area contributed by atoms with Crippen LogP contribution in [0.2, 0.25) is 0 Å². The van der Waals surface area contributed by atoms with Crippen molar-refractivity contribution in [1.29, 1.82) is 0 Å². The molecule has 0 amide bonds. The molecule has 0 saturated carbocycles. The minimum atomic E-state index is -2.80. The van der Waals surface area contributed by atoms with E-state index in [0.29, 0.717) is 5.13 Å². The third-order valence-corrected chi connectivity index (χ3v) is 4.27. The third-order valence-electron chi connectivity index (χ3n) is 2.27. The number of anilines is 1. The predicted octanol–water partition coefficient (Wildman–Crippen LogP) is 3.58. The smallest absolute Gasteiger partial charge is 0.387 e. The lowest BCUT2D eigenvalue weighted by atomic mass is 10.2. The van der Waals surface area contributed by atoms with Crippen LogP contribution in [0.15, 0.2) is 28.6 Å². The van der Waals surface area contributed by atoms with Gasteiger partial charge in [-0.15, -0.1) is 10.2 Å². The Kier molecular flexibility index (Phi) is 4.54. The number of thioether (sulfide) groups is 1. The molecule has 0 aliphatic rings. The Balaban J connectivity index is 2.01. The number of aromatic nitrogens is 2. The molecule has 1 aromatic carbocycles. The van der Waals surface area contributed by atoms with Gasteiger partial charge in [0.15, 0.2) is 4.34 Å². The molecule has 2 aromatic rings. The Hall–Kier alpha value is -1.41. The maximum Gasteiger partial charge on any atom is 0.387 e. The maximum atomic E-state index is 12.0. The van der Waals surface area contributed by atoms with Gasteiger partial charge in [-0.1, -0.05) is 35.2 Å². The summed E-state index contributed by atoms with van der Waals surface area (Å²) >= 11 is 2.83. The lowest BCUT2D eigenvalue weighted by molar-refractivity contribution is -0.0498. The fraction of sp³-hybridized carbons (Fsp3) is 0.273. The molecule has 19 heavy (non-hydrogen) atoms. The number of benzene rings is 1. The Morgan fingerprint density at radius 1 is 1.26 bits per heavy atom. The first-order valence-corrected chi connectivity index (χ1v) is 7.04. The first-order chi connectivity index (χ1) is 9.04.